The van der Waals surface area contributed by atoms with Gasteiger partial charge in [-0.15, -0.1) is 11.3 Å². The lowest BCUT2D eigenvalue weighted by Gasteiger charge is -2.21. The molecule has 0 saturated heterocycles. The van der Waals surface area contributed by atoms with Crippen molar-refractivity contribution in [2.45, 2.75) is 49.1 Å². The number of nitrogens with two attached hydrogens (primary N) is 1. The Morgan fingerprint density at radius 2 is 1.80 bits per heavy atom. The van der Waals surface area contributed by atoms with Crippen LogP contribution in [0.4, 0.5) is 5.00 Å². The third-order valence-electron chi connectivity index (χ3n) is 4.51. The highest BCUT2D eigenvalue weighted by molar-refractivity contribution is 7.93. The van der Waals surface area contributed by atoms with E-state index in [9.17, 15) is 22.8 Å². The fraction of sp³-hybridized carbons (Fsp3) is 0.350. The van der Waals surface area contributed by atoms with E-state index < -0.39 is 39.5 Å². The molecular formula is C20H24N2O6S2. The zero-order valence-electron chi connectivity index (χ0n) is 17.1. The molecule has 0 aliphatic heterocycles. The van der Waals surface area contributed by atoms with Crippen LogP contribution in [0.1, 0.15) is 56.0 Å². The first-order valence-electron chi connectivity index (χ1n) is 9.08. The first kappa shape index (κ1) is 23.6. The highest BCUT2D eigenvalue weighted by atomic mass is 32.2. The molecule has 0 bridgehead atoms. The van der Waals surface area contributed by atoms with E-state index in [0.29, 0.717) is 16.9 Å². The first-order chi connectivity index (χ1) is 13.8. The van der Waals surface area contributed by atoms with Crippen LogP contribution in [0.3, 0.4) is 0 Å². The summed E-state index contributed by atoms with van der Waals surface area (Å²) in [5.74, 6) is -2.79. The number of carboxylic acids is 1. The molecule has 0 atom stereocenters. The number of anilines is 1. The van der Waals surface area contributed by atoms with Crippen LogP contribution < -0.4 is 11.1 Å². The largest absolute Gasteiger partial charge is 0.481 e. The monoisotopic (exact) mass is 452 g/mol. The maximum atomic E-state index is 13.2. The number of amides is 2. The second-order valence-electron chi connectivity index (χ2n) is 7.78. The van der Waals surface area contributed by atoms with Gasteiger partial charge in [-0.1, -0.05) is 45.9 Å². The van der Waals surface area contributed by atoms with Crippen molar-refractivity contribution in [2.24, 2.45) is 11.1 Å². The number of nitrogens with one attached hydrogen (secondary N) is 1. The molecule has 2 rings (SSSR count). The highest BCUT2D eigenvalue weighted by Crippen LogP contribution is 2.37. The molecular weight excluding hydrogens is 428 g/mol. The smallest absolute Gasteiger partial charge is 0.304 e. The molecule has 2 amide bonds. The van der Waals surface area contributed by atoms with E-state index in [1.807, 2.05) is 13.8 Å². The van der Waals surface area contributed by atoms with Gasteiger partial charge in [0, 0.05) is 0 Å². The molecule has 162 valence electrons. The van der Waals surface area contributed by atoms with Crippen LogP contribution in [0.2, 0.25) is 0 Å². The van der Waals surface area contributed by atoms with Gasteiger partial charge in [-0.05, 0) is 23.6 Å². The van der Waals surface area contributed by atoms with E-state index in [2.05, 4.69) is 5.32 Å². The van der Waals surface area contributed by atoms with Gasteiger partial charge in [0.05, 0.1) is 22.3 Å². The Hall–Kier alpha value is -2.72. The number of benzene rings is 1. The SMILES string of the molecule is CC(C)c1ccccc1S(=O)(=O)c1cc(C(N)=O)c(NC(=O)C(C)(C)CC(=O)O)s1. The molecule has 0 radical (unpaired) electrons. The van der Waals surface area contributed by atoms with Gasteiger partial charge in [0.25, 0.3) is 5.91 Å². The Bertz CT molecular complexity index is 1100. The van der Waals surface area contributed by atoms with E-state index in [-0.39, 0.29) is 25.6 Å². The zero-order valence-corrected chi connectivity index (χ0v) is 18.7. The molecule has 30 heavy (non-hydrogen) atoms. The zero-order chi connectivity index (χ0) is 22.9. The minimum Gasteiger partial charge on any atom is -0.481 e. The van der Waals surface area contributed by atoms with Gasteiger partial charge in [-0.25, -0.2) is 8.42 Å². The number of hydrogen-bond donors (Lipinski definition) is 3. The summed E-state index contributed by atoms with van der Waals surface area (Å²) >= 11 is 0.705. The lowest BCUT2D eigenvalue weighted by molar-refractivity contribution is -0.142. The lowest BCUT2D eigenvalue weighted by Crippen LogP contribution is -2.33. The number of thiophene rings is 1. The Labute approximate surface area is 179 Å². The lowest BCUT2D eigenvalue weighted by atomic mass is 9.88. The maximum absolute atomic E-state index is 13.2. The summed E-state index contributed by atoms with van der Waals surface area (Å²) in [5, 5.41) is 11.4. The van der Waals surface area contributed by atoms with E-state index in [4.69, 9.17) is 10.8 Å². The summed E-state index contributed by atoms with van der Waals surface area (Å²) in [4.78, 5) is 35.5. The molecule has 0 spiro atoms. The summed E-state index contributed by atoms with van der Waals surface area (Å²) in [6.45, 7) is 6.61. The number of sulfone groups is 1. The van der Waals surface area contributed by atoms with Crippen molar-refractivity contribution < 1.29 is 27.9 Å². The van der Waals surface area contributed by atoms with E-state index in [0.717, 1.165) is 6.07 Å². The topological polar surface area (TPSA) is 144 Å². The third kappa shape index (κ3) is 4.88. The fourth-order valence-electron chi connectivity index (χ4n) is 2.82. The summed E-state index contributed by atoms with van der Waals surface area (Å²) < 4.78 is 26.3. The normalized spacial score (nSPS) is 12.0. The molecule has 0 saturated carbocycles. The standard InChI is InChI=1S/C20H24N2O6S2/c1-11(2)12-7-5-6-8-14(12)30(27,28)16-9-13(17(21)25)18(29-16)22-19(26)20(3,4)10-15(23)24/h5-9,11H,10H2,1-4H3,(H2,21,25)(H,22,26)(H,23,24). The van der Waals surface area contributed by atoms with Gasteiger partial charge in [-0.3, -0.25) is 14.4 Å². The molecule has 0 unspecified atom stereocenters. The summed E-state index contributed by atoms with van der Waals surface area (Å²) in [6.07, 6.45) is -0.441. The predicted octanol–water partition coefficient (Wildman–Crippen LogP) is 3.24. The highest BCUT2D eigenvalue weighted by Gasteiger charge is 2.33. The van der Waals surface area contributed by atoms with Gasteiger partial charge in [0.1, 0.15) is 9.21 Å². The predicted molar refractivity (Wildman–Crippen MR) is 113 cm³/mol. The Morgan fingerprint density at radius 3 is 2.33 bits per heavy atom. The Morgan fingerprint density at radius 1 is 1.20 bits per heavy atom. The van der Waals surface area contributed by atoms with Gasteiger partial charge in [0.2, 0.25) is 15.7 Å². The van der Waals surface area contributed by atoms with Crippen molar-refractivity contribution in [1.82, 2.24) is 0 Å². The van der Waals surface area contributed by atoms with E-state index in [1.54, 1.807) is 18.2 Å². The van der Waals surface area contributed by atoms with Gasteiger partial charge >= 0.3 is 5.97 Å². The second kappa shape index (κ2) is 8.57. The number of aliphatic carboxylic acids is 1. The van der Waals surface area contributed by atoms with Crippen molar-refractivity contribution in [1.29, 1.82) is 0 Å². The number of primary amides is 1. The molecule has 1 aromatic heterocycles. The average molecular weight is 453 g/mol. The molecule has 0 fully saturated rings. The number of carbonyl (C=O) groups excluding carboxylic acids is 2. The molecule has 1 aromatic carbocycles. The molecule has 4 N–H and O–H groups in total. The Kier molecular flexibility index (Phi) is 6.73. The number of rotatable bonds is 8. The maximum Gasteiger partial charge on any atom is 0.304 e. The molecule has 10 heteroatoms. The van der Waals surface area contributed by atoms with Crippen LogP contribution in [0.5, 0.6) is 0 Å². The number of carboxylic acid groups (broad SMARTS) is 1. The molecule has 0 aliphatic carbocycles. The van der Waals surface area contributed by atoms with Crippen LogP contribution in [0.15, 0.2) is 39.4 Å². The van der Waals surface area contributed by atoms with Gasteiger partial charge < -0.3 is 16.2 Å². The van der Waals surface area contributed by atoms with Crippen LogP contribution in [0, 0.1) is 5.41 Å². The van der Waals surface area contributed by atoms with Crippen molar-refractivity contribution >= 4 is 44.0 Å². The van der Waals surface area contributed by atoms with Crippen LogP contribution >= 0.6 is 11.3 Å². The summed E-state index contributed by atoms with van der Waals surface area (Å²) in [7, 11) is -3.97. The summed E-state index contributed by atoms with van der Waals surface area (Å²) in [5.41, 5.74) is 4.57. The van der Waals surface area contributed by atoms with E-state index in [1.165, 1.54) is 19.9 Å². The summed E-state index contributed by atoms with van der Waals surface area (Å²) in [6, 6.07) is 7.70. The molecule has 8 nitrogen and oxygen atoms in total. The minimum absolute atomic E-state index is 0.0356. The van der Waals surface area contributed by atoms with Crippen molar-refractivity contribution in [3.05, 3.63) is 41.5 Å². The van der Waals surface area contributed by atoms with Crippen LogP contribution in [-0.2, 0) is 19.4 Å². The van der Waals surface area contributed by atoms with Gasteiger partial charge in [-0.2, -0.15) is 0 Å². The van der Waals surface area contributed by atoms with Crippen molar-refractivity contribution in [3.8, 4) is 0 Å². The van der Waals surface area contributed by atoms with Crippen LogP contribution in [-0.4, -0.2) is 31.3 Å². The van der Waals surface area contributed by atoms with Crippen molar-refractivity contribution in [2.75, 3.05) is 5.32 Å². The van der Waals surface area contributed by atoms with E-state index >= 15 is 0 Å². The quantitative estimate of drug-likeness (QED) is 0.561. The molecule has 2 aromatic rings. The van der Waals surface area contributed by atoms with Crippen LogP contribution in [0.25, 0.3) is 0 Å². The third-order valence-corrected chi connectivity index (χ3v) is 7.86. The second-order valence-corrected chi connectivity index (χ2v) is 11.0. The molecule has 0 aliphatic rings. The number of hydrogen-bond acceptors (Lipinski definition) is 6. The first-order valence-corrected chi connectivity index (χ1v) is 11.4. The number of carbonyl (C=O) groups is 3. The Balaban J connectivity index is 2.52. The molecule has 1 heterocycles. The fourth-order valence-corrected chi connectivity index (χ4v) is 5.93. The average Bonchev–Trinajstić information content (AvgIpc) is 3.05. The van der Waals surface area contributed by atoms with Gasteiger partial charge in [0.15, 0.2) is 0 Å². The minimum atomic E-state index is -3.97. The van der Waals surface area contributed by atoms with Crippen molar-refractivity contribution in [3.63, 3.8) is 0 Å².